The highest BCUT2D eigenvalue weighted by Gasteiger charge is 2.40. The van der Waals surface area contributed by atoms with Crippen LogP contribution >= 0.6 is 34.8 Å². The van der Waals surface area contributed by atoms with Gasteiger partial charge in [0.1, 0.15) is 5.75 Å². The first kappa shape index (κ1) is 18.7. The first-order chi connectivity index (χ1) is 12.3. The maximum atomic E-state index is 13.4. The summed E-state index contributed by atoms with van der Waals surface area (Å²) in [5.41, 5.74) is 0.723. The van der Waals surface area contributed by atoms with E-state index in [-0.39, 0.29) is 17.3 Å². The van der Waals surface area contributed by atoms with Gasteiger partial charge in [-0.05, 0) is 36.4 Å². The zero-order chi connectivity index (χ0) is 18.9. The molecule has 136 valence electrons. The van der Waals surface area contributed by atoms with E-state index in [9.17, 15) is 13.6 Å². The second kappa shape index (κ2) is 7.26. The zero-order valence-electron chi connectivity index (χ0n) is 12.7. The second-order valence-corrected chi connectivity index (χ2v) is 6.53. The summed E-state index contributed by atoms with van der Waals surface area (Å²) in [6.45, 7) is 0. The van der Waals surface area contributed by atoms with Crippen molar-refractivity contribution in [3.05, 3.63) is 64.1 Å². The molecule has 0 atom stereocenters. The van der Waals surface area contributed by atoms with E-state index in [1.807, 2.05) is 0 Å². The van der Waals surface area contributed by atoms with Gasteiger partial charge in [-0.25, -0.2) is 4.79 Å². The van der Waals surface area contributed by atoms with Crippen LogP contribution in [0.15, 0.2) is 57.7 Å². The number of aromatic nitrogens is 2. The van der Waals surface area contributed by atoms with Gasteiger partial charge in [0.05, 0.1) is 16.3 Å². The van der Waals surface area contributed by atoms with Crippen molar-refractivity contribution in [1.29, 1.82) is 0 Å². The van der Waals surface area contributed by atoms with Crippen LogP contribution < -0.4 is 10.5 Å². The molecule has 0 unspecified atom stereocenters. The number of halogens is 5. The molecular weight excluding hydrogens is 413 g/mol. The van der Waals surface area contributed by atoms with Crippen molar-refractivity contribution < 1.29 is 17.9 Å². The van der Waals surface area contributed by atoms with Gasteiger partial charge >= 0.3 is 11.9 Å². The molecule has 2 aromatic carbocycles. The van der Waals surface area contributed by atoms with Gasteiger partial charge in [-0.3, -0.25) is 0 Å². The van der Waals surface area contributed by atoms with Gasteiger partial charge in [0.25, 0.3) is 5.89 Å². The number of ether oxygens (including phenoxy) is 1. The number of nitrogens with zero attached hydrogens (tertiary/aromatic N) is 2. The molecule has 0 saturated carbocycles. The first-order valence-corrected chi connectivity index (χ1v) is 8.33. The van der Waals surface area contributed by atoms with Gasteiger partial charge < -0.3 is 9.15 Å². The number of benzene rings is 2. The molecule has 0 fully saturated rings. The standard InChI is InChI=1S/C16H9Cl3F2N2O3/c17-12-4-2-1-3-11(12)13-22-23(15(24)25-13)9-5-7-10(8-6-9)26-16(20,21)14(18)19/h1-8,14H. The molecule has 0 radical (unpaired) electrons. The van der Waals surface area contributed by atoms with Crippen molar-refractivity contribution >= 4 is 34.8 Å². The Balaban J connectivity index is 1.89. The lowest BCUT2D eigenvalue weighted by molar-refractivity contribution is -0.163. The molecule has 0 aliphatic heterocycles. The number of alkyl halides is 4. The molecule has 1 heterocycles. The summed E-state index contributed by atoms with van der Waals surface area (Å²) in [7, 11) is 0. The Labute approximate surface area is 160 Å². The third kappa shape index (κ3) is 3.85. The Morgan fingerprint density at radius 3 is 2.38 bits per heavy atom. The number of hydrogen-bond donors (Lipinski definition) is 0. The Morgan fingerprint density at radius 2 is 1.77 bits per heavy atom. The molecule has 0 aliphatic rings. The van der Waals surface area contributed by atoms with Gasteiger partial charge in [0.15, 0.2) is 0 Å². The molecule has 0 bridgehead atoms. The monoisotopic (exact) mass is 420 g/mol. The lowest BCUT2D eigenvalue weighted by Crippen LogP contribution is -2.32. The molecule has 1 aromatic heterocycles. The van der Waals surface area contributed by atoms with Crippen molar-refractivity contribution in [1.82, 2.24) is 9.78 Å². The second-order valence-electron chi connectivity index (χ2n) is 5.02. The van der Waals surface area contributed by atoms with E-state index in [1.54, 1.807) is 24.3 Å². The summed E-state index contributed by atoms with van der Waals surface area (Å²) in [6.07, 6.45) is -3.76. The van der Waals surface area contributed by atoms with Crippen LogP contribution in [0.2, 0.25) is 5.02 Å². The largest absolute Gasteiger partial charge is 0.442 e. The Kier molecular flexibility index (Phi) is 5.22. The molecule has 3 aromatic rings. The van der Waals surface area contributed by atoms with E-state index < -0.39 is 16.7 Å². The van der Waals surface area contributed by atoms with Gasteiger partial charge in [0, 0.05) is 0 Å². The maximum absolute atomic E-state index is 13.4. The Hall–Kier alpha value is -2.09. The number of rotatable bonds is 5. The third-order valence-electron chi connectivity index (χ3n) is 3.24. The smallest absolute Gasteiger partial charge is 0.431 e. The van der Waals surface area contributed by atoms with E-state index in [0.29, 0.717) is 10.6 Å². The molecule has 0 spiro atoms. The molecule has 10 heteroatoms. The first-order valence-electron chi connectivity index (χ1n) is 7.08. The summed E-state index contributed by atoms with van der Waals surface area (Å²) in [4.78, 5) is 10.0. The quantitative estimate of drug-likeness (QED) is 0.549. The fraction of sp³-hybridized carbons (Fsp3) is 0.125. The van der Waals surface area contributed by atoms with Crippen molar-refractivity contribution in [3.8, 4) is 22.9 Å². The fourth-order valence-electron chi connectivity index (χ4n) is 2.04. The van der Waals surface area contributed by atoms with Gasteiger partial charge in [-0.15, -0.1) is 5.10 Å². The van der Waals surface area contributed by atoms with Crippen LogP contribution in [0.5, 0.6) is 5.75 Å². The summed E-state index contributed by atoms with van der Waals surface area (Å²) in [6, 6.07) is 11.8. The molecule has 3 rings (SSSR count). The molecule has 5 nitrogen and oxygen atoms in total. The molecule has 26 heavy (non-hydrogen) atoms. The topological polar surface area (TPSA) is 57.3 Å². The van der Waals surface area contributed by atoms with Gasteiger partial charge in [-0.2, -0.15) is 13.5 Å². The van der Waals surface area contributed by atoms with E-state index in [4.69, 9.17) is 39.2 Å². The normalized spacial score (nSPS) is 11.8. The summed E-state index contributed by atoms with van der Waals surface area (Å²) >= 11 is 16.4. The number of hydrogen-bond acceptors (Lipinski definition) is 4. The Morgan fingerprint density at radius 1 is 1.12 bits per heavy atom. The minimum atomic E-state index is -3.76. The van der Waals surface area contributed by atoms with Crippen molar-refractivity contribution in [3.63, 3.8) is 0 Å². The zero-order valence-corrected chi connectivity index (χ0v) is 15.0. The maximum Gasteiger partial charge on any atom is 0.442 e. The fourth-order valence-corrected chi connectivity index (χ4v) is 2.35. The highest BCUT2D eigenvalue weighted by molar-refractivity contribution is 6.44. The van der Waals surface area contributed by atoms with Crippen LogP contribution in [0.25, 0.3) is 17.1 Å². The van der Waals surface area contributed by atoms with E-state index in [1.165, 1.54) is 24.3 Å². The van der Waals surface area contributed by atoms with Crippen LogP contribution in [0, 0.1) is 0 Å². The minimum absolute atomic E-state index is 0.0274. The van der Waals surface area contributed by atoms with Crippen molar-refractivity contribution in [2.75, 3.05) is 0 Å². The summed E-state index contributed by atoms with van der Waals surface area (Å²) in [5, 5.41) is 4.43. The summed E-state index contributed by atoms with van der Waals surface area (Å²) < 4.78 is 37.2. The predicted octanol–water partition coefficient (Wildman–Crippen LogP) is 4.92. The highest BCUT2D eigenvalue weighted by Crippen LogP contribution is 2.30. The third-order valence-corrected chi connectivity index (χ3v) is 4.08. The Bertz CT molecular complexity index is 971. The van der Waals surface area contributed by atoms with E-state index in [0.717, 1.165) is 4.68 Å². The predicted molar refractivity (Wildman–Crippen MR) is 93.6 cm³/mol. The lowest BCUT2D eigenvalue weighted by atomic mass is 10.2. The van der Waals surface area contributed by atoms with Crippen molar-refractivity contribution in [2.24, 2.45) is 0 Å². The molecule has 0 aliphatic carbocycles. The average Bonchev–Trinajstić information content (AvgIpc) is 2.97. The molecule has 0 amide bonds. The molecular formula is C16H9Cl3F2N2O3. The van der Waals surface area contributed by atoms with Crippen LogP contribution in [0.1, 0.15) is 0 Å². The van der Waals surface area contributed by atoms with E-state index >= 15 is 0 Å². The van der Waals surface area contributed by atoms with Crippen LogP contribution in [0.3, 0.4) is 0 Å². The SMILES string of the molecule is O=c1oc(-c2ccccc2Cl)nn1-c1ccc(OC(F)(F)C(Cl)Cl)cc1. The highest BCUT2D eigenvalue weighted by atomic mass is 35.5. The average molecular weight is 422 g/mol. The lowest BCUT2D eigenvalue weighted by Gasteiger charge is -2.18. The van der Waals surface area contributed by atoms with Crippen LogP contribution in [-0.2, 0) is 0 Å². The summed E-state index contributed by atoms with van der Waals surface area (Å²) in [5.74, 6) is -0.923. The van der Waals surface area contributed by atoms with Gasteiger partial charge in [-0.1, -0.05) is 46.9 Å². The minimum Gasteiger partial charge on any atom is -0.431 e. The van der Waals surface area contributed by atoms with Crippen LogP contribution in [-0.4, -0.2) is 20.7 Å². The van der Waals surface area contributed by atoms with Crippen molar-refractivity contribution in [2.45, 2.75) is 10.9 Å². The molecule has 0 N–H and O–H groups in total. The molecule has 0 saturated heterocycles. The van der Waals surface area contributed by atoms with E-state index in [2.05, 4.69) is 9.84 Å². The van der Waals surface area contributed by atoms with Crippen LogP contribution in [0.4, 0.5) is 8.78 Å². The van der Waals surface area contributed by atoms with Gasteiger partial charge in [0.2, 0.25) is 4.84 Å².